The van der Waals surface area contributed by atoms with Crippen molar-refractivity contribution in [3.8, 4) is 0 Å². The number of aryl methyl sites for hydroxylation is 2. The van der Waals surface area contributed by atoms with Gasteiger partial charge in [-0.25, -0.2) is 4.68 Å². The second kappa shape index (κ2) is 5.89. The van der Waals surface area contributed by atoms with Crippen LogP contribution in [0.4, 0.5) is 5.82 Å². The van der Waals surface area contributed by atoms with E-state index in [9.17, 15) is 4.79 Å². The van der Waals surface area contributed by atoms with E-state index in [1.807, 2.05) is 18.3 Å². The summed E-state index contributed by atoms with van der Waals surface area (Å²) in [5.41, 5.74) is 9.35. The van der Waals surface area contributed by atoms with Gasteiger partial charge in [0.05, 0.1) is 5.69 Å². The van der Waals surface area contributed by atoms with Crippen LogP contribution in [0.3, 0.4) is 0 Å². The highest BCUT2D eigenvalue weighted by atomic mass is 32.1. The minimum atomic E-state index is -0.0550. The lowest BCUT2D eigenvalue weighted by atomic mass is 9.96. The number of nitrogens with two attached hydrogens (primary N) is 1. The van der Waals surface area contributed by atoms with Crippen molar-refractivity contribution in [2.24, 2.45) is 0 Å². The molecule has 0 aliphatic heterocycles. The van der Waals surface area contributed by atoms with E-state index in [4.69, 9.17) is 5.73 Å². The minimum absolute atomic E-state index is 0.0550. The van der Waals surface area contributed by atoms with Gasteiger partial charge in [0.2, 0.25) is 5.91 Å². The molecule has 0 saturated carbocycles. The fourth-order valence-corrected chi connectivity index (χ4v) is 3.93. The van der Waals surface area contributed by atoms with E-state index in [-0.39, 0.29) is 12.5 Å². The van der Waals surface area contributed by atoms with Gasteiger partial charge < -0.3 is 11.1 Å². The van der Waals surface area contributed by atoms with Gasteiger partial charge in [-0.15, -0.1) is 11.3 Å². The van der Waals surface area contributed by atoms with E-state index >= 15 is 0 Å². The fourth-order valence-electron chi connectivity index (χ4n) is 2.79. The number of thiophene rings is 1. The maximum absolute atomic E-state index is 12.0. The Kier molecular flexibility index (Phi) is 3.96. The number of nitrogens with one attached hydrogen (secondary N) is 1. The normalized spacial score (nSPS) is 14.0. The Balaban J connectivity index is 1.59. The zero-order chi connectivity index (χ0) is 14.8. The molecule has 0 spiro atoms. The first kappa shape index (κ1) is 14.1. The van der Waals surface area contributed by atoms with Gasteiger partial charge in [-0.05, 0) is 49.1 Å². The highest BCUT2D eigenvalue weighted by Gasteiger charge is 2.16. The third kappa shape index (κ3) is 3.10. The highest BCUT2D eigenvalue weighted by molar-refractivity contribution is 7.10. The third-order valence-electron chi connectivity index (χ3n) is 3.85. The van der Waals surface area contributed by atoms with Gasteiger partial charge in [0.25, 0.3) is 0 Å². The van der Waals surface area contributed by atoms with Crippen LogP contribution in [0.15, 0.2) is 11.4 Å². The summed E-state index contributed by atoms with van der Waals surface area (Å²) in [6.45, 7) is 2.64. The smallest absolute Gasteiger partial charge is 0.242 e. The first-order chi connectivity index (χ1) is 10.1. The van der Waals surface area contributed by atoms with Crippen LogP contribution in [0.5, 0.6) is 0 Å². The van der Waals surface area contributed by atoms with E-state index in [1.165, 1.54) is 39.9 Å². The van der Waals surface area contributed by atoms with Crippen molar-refractivity contribution in [2.45, 2.75) is 45.7 Å². The molecular weight excluding hydrogens is 284 g/mol. The molecule has 112 valence electrons. The Bertz CT molecular complexity index is 659. The summed E-state index contributed by atoms with van der Waals surface area (Å²) in [5.74, 6) is 0.469. The second-order valence-corrected chi connectivity index (χ2v) is 6.48. The summed E-state index contributed by atoms with van der Waals surface area (Å²) in [6.07, 6.45) is 4.89. The molecule has 2 heterocycles. The topological polar surface area (TPSA) is 72.9 Å². The number of fused-ring (bicyclic) bond motifs is 1. The van der Waals surface area contributed by atoms with E-state index in [1.54, 1.807) is 6.07 Å². The molecule has 2 aromatic rings. The van der Waals surface area contributed by atoms with Gasteiger partial charge in [-0.3, -0.25) is 4.79 Å². The van der Waals surface area contributed by atoms with E-state index in [0.29, 0.717) is 12.4 Å². The van der Waals surface area contributed by atoms with Crippen molar-refractivity contribution in [3.63, 3.8) is 0 Å². The molecule has 3 N–H and O–H groups in total. The number of anilines is 1. The Morgan fingerprint density at radius 1 is 1.48 bits per heavy atom. The van der Waals surface area contributed by atoms with Crippen LogP contribution in [-0.4, -0.2) is 15.7 Å². The number of carbonyl (C=O) groups is 1. The molecule has 5 nitrogen and oxygen atoms in total. The van der Waals surface area contributed by atoms with Crippen LogP contribution >= 0.6 is 11.3 Å². The Morgan fingerprint density at radius 3 is 3.05 bits per heavy atom. The molecule has 6 heteroatoms. The Hall–Kier alpha value is -1.82. The minimum Gasteiger partial charge on any atom is -0.384 e. The van der Waals surface area contributed by atoms with Crippen molar-refractivity contribution in [1.29, 1.82) is 0 Å². The van der Waals surface area contributed by atoms with Gasteiger partial charge in [-0.2, -0.15) is 5.10 Å². The zero-order valence-electron chi connectivity index (χ0n) is 12.2. The van der Waals surface area contributed by atoms with Crippen LogP contribution in [0.25, 0.3) is 0 Å². The molecule has 1 aliphatic carbocycles. The molecule has 21 heavy (non-hydrogen) atoms. The van der Waals surface area contributed by atoms with Crippen LogP contribution in [0.1, 0.15) is 34.5 Å². The van der Waals surface area contributed by atoms with Crippen molar-refractivity contribution in [2.75, 3.05) is 5.73 Å². The summed E-state index contributed by atoms with van der Waals surface area (Å²) in [4.78, 5) is 13.5. The maximum atomic E-state index is 12.0. The third-order valence-corrected chi connectivity index (χ3v) is 4.99. The number of hydrogen-bond acceptors (Lipinski definition) is 4. The molecule has 1 amide bonds. The van der Waals surface area contributed by atoms with Gasteiger partial charge in [0, 0.05) is 17.5 Å². The molecular formula is C15H20N4OS. The summed E-state index contributed by atoms with van der Waals surface area (Å²) in [7, 11) is 0. The number of aromatic nitrogens is 2. The molecule has 2 aromatic heterocycles. The molecule has 0 bridgehead atoms. The summed E-state index contributed by atoms with van der Waals surface area (Å²) in [6, 6.07) is 1.77. The van der Waals surface area contributed by atoms with Crippen LogP contribution in [0, 0.1) is 6.92 Å². The number of nitrogens with zero attached hydrogens (tertiary/aromatic N) is 2. The summed E-state index contributed by atoms with van der Waals surface area (Å²) < 4.78 is 1.54. The van der Waals surface area contributed by atoms with E-state index in [0.717, 1.165) is 12.1 Å². The fraction of sp³-hybridized carbons (Fsp3) is 0.467. The number of amides is 1. The number of hydrogen-bond donors (Lipinski definition) is 2. The van der Waals surface area contributed by atoms with Gasteiger partial charge in [0.1, 0.15) is 12.4 Å². The average molecular weight is 304 g/mol. The lowest BCUT2D eigenvalue weighted by molar-refractivity contribution is -0.122. The predicted molar refractivity (Wildman–Crippen MR) is 84.2 cm³/mol. The summed E-state index contributed by atoms with van der Waals surface area (Å²) in [5, 5.41) is 9.35. The molecule has 3 rings (SSSR count). The zero-order valence-corrected chi connectivity index (χ0v) is 13.0. The molecule has 0 aromatic carbocycles. The van der Waals surface area contributed by atoms with Gasteiger partial charge in [-0.1, -0.05) is 0 Å². The van der Waals surface area contributed by atoms with Crippen molar-refractivity contribution >= 4 is 23.1 Å². The van der Waals surface area contributed by atoms with E-state index < -0.39 is 0 Å². The van der Waals surface area contributed by atoms with Crippen molar-refractivity contribution in [3.05, 3.63) is 33.1 Å². The molecule has 0 fully saturated rings. The highest BCUT2D eigenvalue weighted by Crippen LogP contribution is 2.30. The monoisotopic (exact) mass is 304 g/mol. The summed E-state index contributed by atoms with van der Waals surface area (Å²) >= 11 is 1.82. The maximum Gasteiger partial charge on any atom is 0.242 e. The van der Waals surface area contributed by atoms with Crippen LogP contribution in [-0.2, 0) is 30.7 Å². The molecule has 1 aliphatic rings. The second-order valence-electron chi connectivity index (χ2n) is 5.51. The quantitative estimate of drug-likeness (QED) is 0.907. The average Bonchev–Trinajstić information content (AvgIpc) is 3.00. The largest absolute Gasteiger partial charge is 0.384 e. The Labute approximate surface area is 128 Å². The van der Waals surface area contributed by atoms with Crippen LogP contribution in [0.2, 0.25) is 0 Å². The lowest BCUT2D eigenvalue weighted by Crippen LogP contribution is -2.28. The number of rotatable bonds is 4. The van der Waals surface area contributed by atoms with Gasteiger partial charge in [0.15, 0.2) is 0 Å². The predicted octanol–water partition coefficient (Wildman–Crippen LogP) is 2.03. The Morgan fingerprint density at radius 2 is 2.29 bits per heavy atom. The number of carbonyl (C=O) groups excluding carboxylic acids is 1. The van der Waals surface area contributed by atoms with Crippen molar-refractivity contribution < 1.29 is 4.79 Å². The first-order valence-corrected chi connectivity index (χ1v) is 8.16. The number of nitrogen functional groups attached to an aromatic ring is 1. The van der Waals surface area contributed by atoms with Gasteiger partial charge >= 0.3 is 0 Å². The molecule has 0 unspecified atom stereocenters. The lowest BCUT2D eigenvalue weighted by Gasteiger charge is -2.13. The molecule has 0 radical (unpaired) electrons. The standard InChI is InChI=1S/C15H20N4OS/c1-10-6-14(16)19(18-10)8-15(20)17-7-11-9-21-13-5-3-2-4-12(11)13/h6,9H,2-5,7-8,16H2,1H3,(H,17,20). The van der Waals surface area contributed by atoms with Crippen molar-refractivity contribution in [1.82, 2.24) is 15.1 Å². The van der Waals surface area contributed by atoms with E-state index in [2.05, 4.69) is 15.8 Å². The molecule has 0 saturated heterocycles. The van der Waals surface area contributed by atoms with Crippen LogP contribution < -0.4 is 11.1 Å². The SMILES string of the molecule is Cc1cc(N)n(CC(=O)NCc2csc3c2CCCC3)n1. The first-order valence-electron chi connectivity index (χ1n) is 7.28. The molecule has 0 atom stereocenters.